The Kier molecular flexibility index (Phi) is 8.69. The molecule has 216 valence electrons. The Morgan fingerprint density at radius 1 is 1.12 bits per heavy atom. The van der Waals surface area contributed by atoms with Crippen molar-refractivity contribution in [2.45, 2.75) is 51.2 Å². The summed E-state index contributed by atoms with van der Waals surface area (Å²) in [4.78, 5) is 43.4. The highest BCUT2D eigenvalue weighted by molar-refractivity contribution is 7.89. The van der Waals surface area contributed by atoms with Crippen molar-refractivity contribution in [1.82, 2.24) is 20.3 Å². The van der Waals surface area contributed by atoms with Crippen LogP contribution in [0.1, 0.15) is 40.0 Å². The second-order valence-corrected chi connectivity index (χ2v) is 12.9. The number of hydrogen-bond acceptors (Lipinski definition) is 8. The van der Waals surface area contributed by atoms with Crippen LogP contribution in [0.2, 0.25) is 5.02 Å². The number of primary sulfonamides is 1. The molecule has 0 atom stereocenters. The van der Waals surface area contributed by atoms with Crippen molar-refractivity contribution >= 4 is 56.2 Å². The predicted octanol–water partition coefficient (Wildman–Crippen LogP) is 3.19. The predicted molar refractivity (Wildman–Crippen MR) is 154 cm³/mol. The van der Waals surface area contributed by atoms with E-state index in [0.29, 0.717) is 34.8 Å². The van der Waals surface area contributed by atoms with Crippen LogP contribution in [0.5, 0.6) is 0 Å². The van der Waals surface area contributed by atoms with Crippen LogP contribution in [0.15, 0.2) is 42.9 Å². The van der Waals surface area contributed by atoms with Gasteiger partial charge in [0.1, 0.15) is 23.1 Å². The van der Waals surface area contributed by atoms with E-state index in [4.69, 9.17) is 21.5 Å². The largest absolute Gasteiger partial charge is 0.443 e. The fourth-order valence-corrected chi connectivity index (χ4v) is 5.48. The molecule has 0 unspecified atom stereocenters. The van der Waals surface area contributed by atoms with Crippen LogP contribution in [0.25, 0.3) is 11.0 Å². The van der Waals surface area contributed by atoms with Crippen LogP contribution in [-0.4, -0.2) is 71.9 Å². The molecule has 1 aliphatic rings. The normalized spacial score (nSPS) is 15.5. The zero-order chi connectivity index (χ0) is 29.1. The zero-order valence-corrected chi connectivity index (χ0v) is 24.3. The van der Waals surface area contributed by atoms with E-state index in [1.165, 1.54) is 16.1 Å². The van der Waals surface area contributed by atoms with Crippen molar-refractivity contribution in [3.05, 3.63) is 47.9 Å². The summed E-state index contributed by atoms with van der Waals surface area (Å²) >= 11 is 6.12. The molecule has 0 saturated carbocycles. The minimum Gasteiger partial charge on any atom is -0.443 e. The second kappa shape index (κ2) is 11.7. The van der Waals surface area contributed by atoms with Gasteiger partial charge >= 0.3 is 6.09 Å². The van der Waals surface area contributed by atoms with E-state index < -0.39 is 33.2 Å². The number of amides is 2. The number of halogens is 1. The SMILES string of the molecule is CC(C)(C)OC(=O)N(c1ncnc2[nH]ccc12)C1(C(=O)N(CCCS(N)(=O)=O)c2ccc(Cl)cc2)CCNCC1. The first kappa shape index (κ1) is 29.7. The maximum Gasteiger partial charge on any atom is 0.417 e. The van der Waals surface area contributed by atoms with Gasteiger partial charge in [-0.05, 0) is 83.5 Å². The van der Waals surface area contributed by atoms with E-state index in [9.17, 15) is 18.0 Å². The van der Waals surface area contributed by atoms with Gasteiger partial charge in [0.15, 0.2) is 5.82 Å². The third kappa shape index (κ3) is 6.72. The van der Waals surface area contributed by atoms with Gasteiger partial charge in [-0.1, -0.05) is 11.6 Å². The summed E-state index contributed by atoms with van der Waals surface area (Å²) < 4.78 is 29.3. The lowest BCUT2D eigenvalue weighted by molar-refractivity contribution is -0.124. The quantitative estimate of drug-likeness (QED) is 0.359. The van der Waals surface area contributed by atoms with Crippen LogP contribution < -0.4 is 20.3 Å². The number of sulfonamides is 1. The van der Waals surface area contributed by atoms with Crippen molar-refractivity contribution in [2.75, 3.05) is 35.2 Å². The van der Waals surface area contributed by atoms with Crippen LogP contribution >= 0.6 is 11.6 Å². The first-order valence-corrected chi connectivity index (χ1v) is 15.0. The number of fused-ring (bicyclic) bond motifs is 1. The maximum absolute atomic E-state index is 14.8. The fraction of sp³-hybridized carbons (Fsp3) is 0.462. The van der Waals surface area contributed by atoms with Gasteiger partial charge < -0.3 is 19.9 Å². The number of nitrogens with zero attached hydrogens (tertiary/aromatic N) is 4. The Hall–Kier alpha value is -3.26. The molecular formula is C26H34ClN7O5S. The first-order chi connectivity index (χ1) is 18.8. The molecule has 12 nitrogen and oxygen atoms in total. The number of hydrogen-bond donors (Lipinski definition) is 3. The number of nitrogens with one attached hydrogen (secondary N) is 2. The average Bonchev–Trinajstić information content (AvgIpc) is 3.36. The Labute approximate surface area is 238 Å². The Balaban J connectivity index is 1.88. The molecule has 0 radical (unpaired) electrons. The van der Waals surface area contributed by atoms with Gasteiger partial charge in [-0.2, -0.15) is 0 Å². The van der Waals surface area contributed by atoms with Gasteiger partial charge in [0, 0.05) is 23.5 Å². The molecule has 0 aliphatic carbocycles. The van der Waals surface area contributed by atoms with E-state index >= 15 is 0 Å². The molecule has 1 aromatic carbocycles. The molecule has 3 heterocycles. The summed E-state index contributed by atoms with van der Waals surface area (Å²) in [5.74, 6) is -0.486. The molecule has 1 saturated heterocycles. The highest BCUT2D eigenvalue weighted by Crippen LogP contribution is 2.38. The number of aromatic nitrogens is 3. The van der Waals surface area contributed by atoms with Crippen LogP contribution in [0.4, 0.5) is 16.3 Å². The summed E-state index contributed by atoms with van der Waals surface area (Å²) in [6, 6.07) is 8.39. The molecule has 0 bridgehead atoms. The average molecular weight is 592 g/mol. The van der Waals surface area contributed by atoms with Gasteiger partial charge in [0.25, 0.3) is 5.91 Å². The second-order valence-electron chi connectivity index (χ2n) is 10.7. The molecule has 1 aliphatic heterocycles. The number of aromatic amines is 1. The fourth-order valence-electron chi connectivity index (χ4n) is 4.83. The summed E-state index contributed by atoms with van der Waals surface area (Å²) in [5, 5.41) is 9.54. The maximum atomic E-state index is 14.8. The topological polar surface area (TPSA) is 164 Å². The standard InChI is InChI=1S/C26H34ClN7O5S/c1-25(2,3)39-24(36)34(22-20-9-12-30-21(20)31-17-32-22)26(10-13-29-14-11-26)23(35)33(15-4-16-40(28,37)38)19-7-5-18(27)6-8-19/h5-9,12,17,29H,4,10-11,13-16H2,1-3H3,(H2,28,37,38)(H,30,31,32). The molecule has 2 aromatic heterocycles. The monoisotopic (exact) mass is 591 g/mol. The van der Waals surface area contributed by atoms with Crippen molar-refractivity contribution < 1.29 is 22.7 Å². The molecule has 0 spiro atoms. The minimum atomic E-state index is -3.76. The van der Waals surface area contributed by atoms with Gasteiger partial charge in [-0.3, -0.25) is 4.79 Å². The molecule has 2 amide bonds. The van der Waals surface area contributed by atoms with Crippen molar-refractivity contribution in [3.8, 4) is 0 Å². The van der Waals surface area contributed by atoms with Crippen molar-refractivity contribution in [2.24, 2.45) is 5.14 Å². The van der Waals surface area contributed by atoms with E-state index in [2.05, 4.69) is 20.3 Å². The highest BCUT2D eigenvalue weighted by Gasteiger charge is 2.52. The van der Waals surface area contributed by atoms with Crippen molar-refractivity contribution in [1.29, 1.82) is 0 Å². The molecule has 1 fully saturated rings. The third-order valence-electron chi connectivity index (χ3n) is 6.57. The molecule has 14 heteroatoms. The Morgan fingerprint density at radius 2 is 1.80 bits per heavy atom. The zero-order valence-electron chi connectivity index (χ0n) is 22.7. The molecule has 3 aromatic rings. The number of nitrogens with two attached hydrogens (primary N) is 1. The minimum absolute atomic E-state index is 0.0393. The lowest BCUT2D eigenvalue weighted by Crippen LogP contribution is -2.66. The first-order valence-electron chi connectivity index (χ1n) is 12.9. The van der Waals surface area contributed by atoms with Crippen molar-refractivity contribution in [3.63, 3.8) is 0 Å². The summed E-state index contributed by atoms with van der Waals surface area (Å²) in [5.41, 5.74) is -1.28. The lowest BCUT2D eigenvalue weighted by atomic mass is 9.84. The van der Waals surface area contributed by atoms with Gasteiger partial charge in [-0.25, -0.2) is 33.2 Å². The third-order valence-corrected chi connectivity index (χ3v) is 7.68. The van der Waals surface area contributed by atoms with Gasteiger partial charge in [0.2, 0.25) is 10.0 Å². The smallest absolute Gasteiger partial charge is 0.417 e. The number of rotatable bonds is 8. The number of H-pyrrole nitrogens is 1. The summed E-state index contributed by atoms with van der Waals surface area (Å²) in [6.45, 7) is 6.17. The number of piperidine rings is 1. The molecule has 4 rings (SSSR count). The highest BCUT2D eigenvalue weighted by atomic mass is 35.5. The molecule has 40 heavy (non-hydrogen) atoms. The number of carbonyl (C=O) groups is 2. The number of benzene rings is 1. The summed E-state index contributed by atoms with van der Waals surface area (Å²) in [7, 11) is -3.76. The van der Waals surface area contributed by atoms with E-state index in [1.54, 1.807) is 57.3 Å². The number of anilines is 2. The van der Waals surface area contributed by atoms with Gasteiger partial charge in [-0.15, -0.1) is 0 Å². The van der Waals surface area contributed by atoms with Crippen LogP contribution in [0, 0.1) is 0 Å². The molecule has 4 N–H and O–H groups in total. The van der Waals surface area contributed by atoms with E-state index in [-0.39, 0.29) is 37.4 Å². The van der Waals surface area contributed by atoms with Crippen LogP contribution in [0.3, 0.4) is 0 Å². The van der Waals surface area contributed by atoms with E-state index in [1.807, 2.05) is 0 Å². The van der Waals surface area contributed by atoms with E-state index in [0.717, 1.165) is 0 Å². The molecular weight excluding hydrogens is 558 g/mol. The summed E-state index contributed by atoms with van der Waals surface area (Å²) in [6.07, 6.45) is 2.86. The number of carbonyl (C=O) groups excluding carboxylic acids is 2. The van der Waals surface area contributed by atoms with Gasteiger partial charge in [0.05, 0.1) is 11.1 Å². The van der Waals surface area contributed by atoms with Crippen LogP contribution in [-0.2, 0) is 19.6 Å². The Bertz CT molecular complexity index is 1460. The number of ether oxygens (including phenoxy) is 1. The Morgan fingerprint density at radius 3 is 2.42 bits per heavy atom. The lowest BCUT2D eigenvalue weighted by Gasteiger charge is -2.46.